The third-order valence-corrected chi connectivity index (χ3v) is 3.47. The van der Waals surface area contributed by atoms with Crippen molar-refractivity contribution in [3.63, 3.8) is 0 Å². The normalized spacial score (nSPS) is 17.8. The summed E-state index contributed by atoms with van der Waals surface area (Å²) in [5.74, 6) is 0.879. The summed E-state index contributed by atoms with van der Waals surface area (Å²) in [6.45, 7) is 2.43. The molecule has 1 aliphatic rings. The molecule has 19 heavy (non-hydrogen) atoms. The first-order chi connectivity index (χ1) is 9.16. The van der Waals surface area contributed by atoms with Crippen LogP contribution in [0.3, 0.4) is 0 Å². The monoisotopic (exact) mass is 321 g/mol. The lowest BCUT2D eigenvalue weighted by Crippen LogP contribution is -2.45. The summed E-state index contributed by atoms with van der Waals surface area (Å²) < 4.78 is 11.5. The Morgan fingerprint density at radius 2 is 2.11 bits per heavy atom. The Morgan fingerprint density at radius 3 is 2.84 bits per heavy atom. The number of rotatable bonds is 1. The van der Waals surface area contributed by atoms with Gasteiger partial charge >= 0.3 is 0 Å². The summed E-state index contributed by atoms with van der Waals surface area (Å²) in [4.78, 5) is 14.3. The third kappa shape index (κ3) is 2.14. The van der Waals surface area contributed by atoms with Crippen LogP contribution in [0.4, 0.5) is 5.69 Å². The Bertz CT molecular complexity index is 623. The Kier molecular flexibility index (Phi) is 3.06. The summed E-state index contributed by atoms with van der Waals surface area (Å²) in [6.07, 6.45) is 0. The molecule has 0 radical (unpaired) electrons. The number of carbonyl (C=O) groups is 1. The Labute approximate surface area is 119 Å². The number of amides is 1. The van der Waals surface area contributed by atoms with Crippen LogP contribution in [0.15, 0.2) is 45.5 Å². The van der Waals surface area contributed by atoms with Crippen LogP contribution in [-0.4, -0.2) is 18.6 Å². The third-order valence-electron chi connectivity index (χ3n) is 3.05. The molecule has 1 atom stereocenters. The highest BCUT2D eigenvalue weighted by atomic mass is 79.9. The molecule has 0 saturated heterocycles. The SMILES string of the molecule is CC1COc2ccccc2N1C(=O)c1ccc(Br)o1. The lowest BCUT2D eigenvalue weighted by Gasteiger charge is -2.34. The molecule has 0 saturated carbocycles. The zero-order valence-electron chi connectivity index (χ0n) is 10.3. The van der Waals surface area contributed by atoms with Gasteiger partial charge in [0.05, 0.1) is 11.7 Å². The van der Waals surface area contributed by atoms with Gasteiger partial charge in [-0.25, -0.2) is 0 Å². The molecule has 1 unspecified atom stereocenters. The Balaban J connectivity index is 2.02. The summed E-state index contributed by atoms with van der Waals surface area (Å²) in [7, 11) is 0. The lowest BCUT2D eigenvalue weighted by molar-refractivity contribution is 0.0933. The van der Waals surface area contributed by atoms with Crippen molar-refractivity contribution >= 4 is 27.5 Å². The standard InChI is InChI=1S/C14H12BrNO3/c1-9-8-18-11-5-3-2-4-10(11)16(9)14(17)12-6-7-13(15)19-12/h2-7,9H,8H2,1H3. The van der Waals surface area contributed by atoms with E-state index >= 15 is 0 Å². The maximum absolute atomic E-state index is 12.5. The van der Waals surface area contributed by atoms with Crippen molar-refractivity contribution in [3.8, 4) is 5.75 Å². The molecule has 0 bridgehead atoms. The molecular formula is C14H12BrNO3. The van der Waals surface area contributed by atoms with Crippen LogP contribution >= 0.6 is 15.9 Å². The van der Waals surface area contributed by atoms with Crippen molar-refractivity contribution in [1.29, 1.82) is 0 Å². The zero-order valence-corrected chi connectivity index (χ0v) is 11.9. The van der Waals surface area contributed by atoms with Gasteiger partial charge in [-0.2, -0.15) is 0 Å². The molecule has 0 N–H and O–H groups in total. The molecule has 1 aromatic carbocycles. The topological polar surface area (TPSA) is 42.7 Å². The van der Waals surface area contributed by atoms with E-state index in [0.717, 1.165) is 11.4 Å². The summed E-state index contributed by atoms with van der Waals surface area (Å²) in [6, 6.07) is 10.9. The van der Waals surface area contributed by atoms with Gasteiger partial charge in [-0.05, 0) is 47.1 Å². The molecule has 5 heteroatoms. The molecule has 1 aliphatic heterocycles. The van der Waals surface area contributed by atoms with E-state index in [1.54, 1.807) is 17.0 Å². The van der Waals surface area contributed by atoms with E-state index in [4.69, 9.17) is 9.15 Å². The second-order valence-corrected chi connectivity index (χ2v) is 5.19. The van der Waals surface area contributed by atoms with Gasteiger partial charge in [-0.15, -0.1) is 0 Å². The average Bonchev–Trinajstić information content (AvgIpc) is 2.85. The molecule has 4 nitrogen and oxygen atoms in total. The van der Waals surface area contributed by atoms with Gasteiger partial charge in [0.2, 0.25) is 0 Å². The Morgan fingerprint density at radius 1 is 1.32 bits per heavy atom. The quantitative estimate of drug-likeness (QED) is 0.807. The lowest BCUT2D eigenvalue weighted by atomic mass is 10.1. The molecule has 2 heterocycles. The number of hydrogen-bond acceptors (Lipinski definition) is 3. The van der Waals surface area contributed by atoms with E-state index in [9.17, 15) is 4.79 Å². The molecule has 2 aromatic rings. The number of nitrogens with zero attached hydrogens (tertiary/aromatic N) is 1. The van der Waals surface area contributed by atoms with Crippen LogP contribution in [0, 0.1) is 0 Å². The molecule has 98 valence electrons. The highest BCUT2D eigenvalue weighted by Crippen LogP contribution is 2.34. The van der Waals surface area contributed by atoms with Crippen LogP contribution in [-0.2, 0) is 0 Å². The number of benzene rings is 1. The van der Waals surface area contributed by atoms with Gasteiger partial charge in [-0.3, -0.25) is 9.69 Å². The number of fused-ring (bicyclic) bond motifs is 1. The van der Waals surface area contributed by atoms with Gasteiger partial charge in [0, 0.05) is 0 Å². The average molecular weight is 322 g/mol. The number of hydrogen-bond donors (Lipinski definition) is 0. The van der Waals surface area contributed by atoms with Crippen molar-refractivity contribution < 1.29 is 13.9 Å². The summed E-state index contributed by atoms with van der Waals surface area (Å²) in [5.41, 5.74) is 0.777. The molecular weight excluding hydrogens is 310 g/mol. The first kappa shape index (κ1) is 12.3. The van der Waals surface area contributed by atoms with Gasteiger partial charge < -0.3 is 9.15 Å². The van der Waals surface area contributed by atoms with E-state index in [1.807, 2.05) is 31.2 Å². The van der Waals surface area contributed by atoms with Crippen molar-refractivity contribution in [2.45, 2.75) is 13.0 Å². The highest BCUT2D eigenvalue weighted by molar-refractivity contribution is 9.10. The second-order valence-electron chi connectivity index (χ2n) is 4.41. The van der Waals surface area contributed by atoms with E-state index in [-0.39, 0.29) is 11.9 Å². The van der Waals surface area contributed by atoms with Crippen molar-refractivity contribution in [1.82, 2.24) is 0 Å². The van der Waals surface area contributed by atoms with Crippen LogP contribution in [0.2, 0.25) is 0 Å². The van der Waals surface area contributed by atoms with E-state index in [0.29, 0.717) is 17.0 Å². The van der Waals surface area contributed by atoms with Gasteiger partial charge in [0.15, 0.2) is 10.4 Å². The molecule has 1 aromatic heterocycles. The number of halogens is 1. The van der Waals surface area contributed by atoms with Gasteiger partial charge in [0.25, 0.3) is 5.91 Å². The number of carbonyl (C=O) groups excluding carboxylic acids is 1. The molecule has 0 fully saturated rings. The molecule has 1 amide bonds. The summed E-state index contributed by atoms with van der Waals surface area (Å²) >= 11 is 3.21. The minimum absolute atomic E-state index is 0.0359. The van der Waals surface area contributed by atoms with E-state index in [2.05, 4.69) is 15.9 Å². The maximum Gasteiger partial charge on any atom is 0.294 e. The van der Waals surface area contributed by atoms with Crippen molar-refractivity contribution in [2.24, 2.45) is 0 Å². The van der Waals surface area contributed by atoms with Gasteiger partial charge in [-0.1, -0.05) is 12.1 Å². The number of ether oxygens (including phenoxy) is 1. The minimum atomic E-state index is -0.158. The number of para-hydroxylation sites is 2. The van der Waals surface area contributed by atoms with Crippen molar-refractivity contribution in [3.05, 3.63) is 46.8 Å². The highest BCUT2D eigenvalue weighted by Gasteiger charge is 2.31. The summed E-state index contributed by atoms with van der Waals surface area (Å²) in [5, 5.41) is 0. The predicted octanol–water partition coefficient (Wildman–Crippen LogP) is 3.47. The second kappa shape index (κ2) is 4.74. The van der Waals surface area contributed by atoms with E-state index < -0.39 is 0 Å². The molecule has 3 rings (SSSR count). The Hall–Kier alpha value is -1.75. The van der Waals surface area contributed by atoms with Crippen molar-refractivity contribution in [2.75, 3.05) is 11.5 Å². The largest absolute Gasteiger partial charge is 0.489 e. The maximum atomic E-state index is 12.5. The first-order valence-electron chi connectivity index (χ1n) is 5.97. The zero-order chi connectivity index (χ0) is 13.4. The van der Waals surface area contributed by atoms with Crippen LogP contribution < -0.4 is 9.64 Å². The van der Waals surface area contributed by atoms with Crippen LogP contribution in [0.1, 0.15) is 17.5 Å². The fourth-order valence-electron chi connectivity index (χ4n) is 2.16. The number of furan rings is 1. The fraction of sp³-hybridized carbons (Fsp3) is 0.214. The fourth-order valence-corrected chi connectivity index (χ4v) is 2.46. The predicted molar refractivity (Wildman–Crippen MR) is 74.6 cm³/mol. The smallest absolute Gasteiger partial charge is 0.294 e. The minimum Gasteiger partial charge on any atom is -0.489 e. The van der Waals surface area contributed by atoms with Gasteiger partial charge in [0.1, 0.15) is 12.4 Å². The van der Waals surface area contributed by atoms with E-state index in [1.165, 1.54) is 0 Å². The number of anilines is 1. The molecule has 0 aliphatic carbocycles. The van der Waals surface area contributed by atoms with Crippen LogP contribution in [0.25, 0.3) is 0 Å². The van der Waals surface area contributed by atoms with Crippen LogP contribution in [0.5, 0.6) is 5.75 Å². The molecule has 0 spiro atoms. The first-order valence-corrected chi connectivity index (χ1v) is 6.77.